The van der Waals surface area contributed by atoms with E-state index in [9.17, 15) is 27.5 Å². The molecule has 0 aliphatic carbocycles. The van der Waals surface area contributed by atoms with E-state index in [0.29, 0.717) is 31.0 Å². The van der Waals surface area contributed by atoms with Gasteiger partial charge in [-0.2, -0.15) is 13.2 Å². The lowest BCUT2D eigenvalue weighted by Gasteiger charge is -2.29. The smallest absolute Gasteiger partial charge is 0.386 e. The summed E-state index contributed by atoms with van der Waals surface area (Å²) < 4.78 is 51.2. The van der Waals surface area contributed by atoms with Gasteiger partial charge in [0.15, 0.2) is 0 Å². The number of hydrogen-bond acceptors (Lipinski definition) is 7. The van der Waals surface area contributed by atoms with E-state index in [2.05, 4.69) is 20.3 Å². The largest absolute Gasteiger partial charge is 0.419 e. The summed E-state index contributed by atoms with van der Waals surface area (Å²) in [5.41, 5.74) is 6.30. The van der Waals surface area contributed by atoms with E-state index < -0.39 is 23.5 Å². The number of aromatic nitrogens is 4. The highest BCUT2D eigenvalue weighted by molar-refractivity contribution is 6.01. The first-order valence-electron chi connectivity index (χ1n) is 11.9. The molecule has 1 fully saturated rings. The van der Waals surface area contributed by atoms with Gasteiger partial charge in [-0.15, -0.1) is 0 Å². The van der Waals surface area contributed by atoms with Crippen molar-refractivity contribution in [2.45, 2.75) is 51.6 Å². The van der Waals surface area contributed by atoms with Crippen LogP contribution in [0.2, 0.25) is 0 Å². The lowest BCUT2D eigenvalue weighted by molar-refractivity contribution is -0.138. The molecule has 2 aromatic heterocycles. The summed E-state index contributed by atoms with van der Waals surface area (Å²) in [5.74, 6) is 0.266. The van der Waals surface area contributed by atoms with Crippen molar-refractivity contribution in [3.05, 3.63) is 47.8 Å². The molecule has 0 bridgehead atoms. The van der Waals surface area contributed by atoms with E-state index in [-0.39, 0.29) is 11.9 Å². The highest BCUT2D eigenvalue weighted by atomic mass is 19.4. The van der Waals surface area contributed by atoms with Crippen molar-refractivity contribution >= 4 is 34.5 Å². The summed E-state index contributed by atoms with van der Waals surface area (Å²) in [7, 11) is 1.93. The number of imidazole rings is 1. The predicted octanol–water partition coefficient (Wildman–Crippen LogP) is 4.16. The number of aryl methyl sites for hydroxylation is 2. The predicted molar refractivity (Wildman–Crippen MR) is 137 cm³/mol. The van der Waals surface area contributed by atoms with Gasteiger partial charge in [-0.3, -0.25) is 4.79 Å². The number of nitrogens with one attached hydrogen (secondary N) is 1. The highest BCUT2D eigenvalue weighted by Crippen LogP contribution is 2.29. The molecule has 1 atom stereocenters. The second kappa shape index (κ2) is 11.3. The van der Waals surface area contributed by atoms with Gasteiger partial charge in [-0.25, -0.2) is 19.3 Å². The van der Waals surface area contributed by atoms with Crippen LogP contribution < -0.4 is 16.0 Å². The summed E-state index contributed by atoms with van der Waals surface area (Å²) >= 11 is 0. The number of carbonyl (C=O) groups excluding carboxylic acids is 1. The first-order chi connectivity index (χ1) is 17.6. The molecule has 3 heterocycles. The quantitative estimate of drug-likeness (QED) is 0.337. The molecule has 3 aromatic rings. The number of amides is 1. The topological polar surface area (TPSA) is 122 Å². The number of benzene rings is 1. The Kier molecular flexibility index (Phi) is 8.60. The van der Waals surface area contributed by atoms with E-state index >= 15 is 0 Å². The maximum absolute atomic E-state index is 13.8. The summed E-state index contributed by atoms with van der Waals surface area (Å²) in [5, 5.41) is 12.5. The molecule has 0 spiro atoms. The summed E-state index contributed by atoms with van der Waals surface area (Å²) in [6.07, 6.45) is 0.254. The van der Waals surface area contributed by atoms with E-state index in [4.69, 9.17) is 5.73 Å². The zero-order valence-electron chi connectivity index (χ0n) is 21.6. The lowest BCUT2D eigenvalue weighted by Crippen LogP contribution is -2.37. The number of rotatable bonds is 4. The Morgan fingerprint density at radius 3 is 2.47 bits per heavy atom. The summed E-state index contributed by atoms with van der Waals surface area (Å²) in [6, 6.07) is 3.80. The second-order valence-electron chi connectivity index (χ2n) is 9.62. The van der Waals surface area contributed by atoms with Gasteiger partial charge in [0, 0.05) is 37.7 Å². The number of anilines is 3. The first-order valence-corrected chi connectivity index (χ1v) is 11.9. The molecule has 0 radical (unpaired) electrons. The minimum atomic E-state index is -4.40. The molecular weight excluding hydrogens is 506 g/mol. The fourth-order valence-corrected chi connectivity index (χ4v) is 3.79. The Morgan fingerprint density at radius 2 is 1.89 bits per heavy atom. The van der Waals surface area contributed by atoms with Crippen LogP contribution in [0.1, 0.15) is 37.8 Å². The molecule has 206 valence electrons. The van der Waals surface area contributed by atoms with Gasteiger partial charge in [0.2, 0.25) is 17.8 Å². The number of alkyl halides is 4. The van der Waals surface area contributed by atoms with Crippen LogP contribution in [0, 0.1) is 6.92 Å². The van der Waals surface area contributed by atoms with Crippen molar-refractivity contribution in [2.24, 2.45) is 7.05 Å². The summed E-state index contributed by atoms with van der Waals surface area (Å²) in [6.45, 7) is 6.28. The fraction of sp³-hybridized carbons (Fsp3) is 0.440. The molecule has 38 heavy (non-hydrogen) atoms. The maximum Gasteiger partial charge on any atom is 0.419 e. The van der Waals surface area contributed by atoms with Gasteiger partial charge in [-0.1, -0.05) is 0 Å². The molecule has 1 aliphatic heterocycles. The van der Waals surface area contributed by atoms with Crippen LogP contribution in [0.3, 0.4) is 0 Å². The average Bonchev–Trinajstić information content (AvgIpc) is 3.13. The van der Waals surface area contributed by atoms with E-state index in [1.165, 1.54) is 12.2 Å². The average molecular weight is 538 g/mol. The van der Waals surface area contributed by atoms with Gasteiger partial charge >= 0.3 is 6.18 Å². The second-order valence-corrected chi connectivity index (χ2v) is 9.62. The zero-order valence-corrected chi connectivity index (χ0v) is 21.6. The standard InChI is InChI=1S/C20H27FN4O2.C5H4F3N3/c1-13-10-17-16(11-15(13)22-18(26)7-8-20(2,3)27)23-19(24(17)4)25-9-5-6-14(21)12-25;6-5(7,8)3-1-10-4(9)11-2-3/h7-8,10-11,14,27H,5-6,9,12H2,1-4H3,(H,22,26);1-2H,(H2,9,10,11)/b8-7+;. The van der Waals surface area contributed by atoms with Crippen LogP contribution in [0.15, 0.2) is 36.7 Å². The number of nitrogen functional groups attached to an aromatic ring is 1. The Morgan fingerprint density at radius 1 is 1.24 bits per heavy atom. The van der Waals surface area contributed by atoms with E-state index in [1.807, 2.05) is 35.6 Å². The highest BCUT2D eigenvalue weighted by Gasteiger charge is 2.31. The van der Waals surface area contributed by atoms with Crippen molar-refractivity contribution in [2.75, 3.05) is 29.0 Å². The van der Waals surface area contributed by atoms with Crippen molar-refractivity contribution in [3.8, 4) is 0 Å². The Hall–Kier alpha value is -3.74. The third kappa shape index (κ3) is 7.63. The van der Waals surface area contributed by atoms with Crippen molar-refractivity contribution < 1.29 is 27.5 Å². The molecule has 1 amide bonds. The SMILES string of the molecule is Cc1cc2c(cc1NC(=O)/C=C/C(C)(C)O)nc(N1CCCC(F)C1)n2C.Nc1ncc(C(F)(F)F)cn1. The minimum Gasteiger partial charge on any atom is -0.386 e. The number of nitrogens with zero attached hydrogens (tertiary/aromatic N) is 5. The fourth-order valence-electron chi connectivity index (χ4n) is 3.79. The molecule has 1 aliphatic rings. The van der Waals surface area contributed by atoms with Crippen LogP contribution in [0.25, 0.3) is 11.0 Å². The molecule has 1 aromatic carbocycles. The molecule has 4 N–H and O–H groups in total. The first kappa shape index (κ1) is 28.8. The third-order valence-corrected chi connectivity index (χ3v) is 5.75. The summed E-state index contributed by atoms with van der Waals surface area (Å²) in [4.78, 5) is 25.2. The number of carbonyl (C=O) groups is 1. The molecule has 4 rings (SSSR count). The molecular formula is C25H31F4N7O2. The lowest BCUT2D eigenvalue weighted by atomic mass is 10.1. The van der Waals surface area contributed by atoms with E-state index in [0.717, 1.165) is 35.5 Å². The van der Waals surface area contributed by atoms with Crippen molar-refractivity contribution in [1.82, 2.24) is 19.5 Å². The van der Waals surface area contributed by atoms with Crippen molar-refractivity contribution in [3.63, 3.8) is 0 Å². The molecule has 13 heteroatoms. The van der Waals surface area contributed by atoms with Crippen LogP contribution in [0.5, 0.6) is 0 Å². The Bertz CT molecular complexity index is 1300. The number of hydrogen-bond donors (Lipinski definition) is 3. The van der Waals surface area contributed by atoms with Gasteiger partial charge in [0.25, 0.3) is 0 Å². The number of halogens is 4. The third-order valence-electron chi connectivity index (χ3n) is 5.75. The van der Waals surface area contributed by atoms with Gasteiger partial charge < -0.3 is 25.6 Å². The Labute approximate surface area is 217 Å². The molecule has 9 nitrogen and oxygen atoms in total. The van der Waals surface area contributed by atoms with Crippen LogP contribution in [-0.2, 0) is 18.0 Å². The monoisotopic (exact) mass is 537 g/mol. The number of nitrogens with two attached hydrogens (primary N) is 1. The number of aliphatic hydroxyl groups is 1. The molecule has 1 unspecified atom stereocenters. The van der Waals surface area contributed by atoms with E-state index in [1.54, 1.807) is 13.8 Å². The van der Waals surface area contributed by atoms with Crippen molar-refractivity contribution in [1.29, 1.82) is 0 Å². The Balaban J connectivity index is 0.000000304. The number of fused-ring (bicyclic) bond motifs is 1. The van der Waals surface area contributed by atoms with Gasteiger partial charge in [-0.05, 0) is 57.4 Å². The molecule has 0 saturated carbocycles. The maximum atomic E-state index is 13.8. The molecule has 1 saturated heterocycles. The van der Waals surface area contributed by atoms with Gasteiger partial charge in [0.05, 0.1) is 28.7 Å². The van der Waals surface area contributed by atoms with Crippen LogP contribution in [-0.4, -0.2) is 55.4 Å². The van der Waals surface area contributed by atoms with Gasteiger partial charge in [0.1, 0.15) is 6.17 Å². The zero-order chi connectivity index (χ0) is 28.3. The van der Waals surface area contributed by atoms with Crippen LogP contribution >= 0.6 is 0 Å². The normalized spacial score (nSPS) is 16.4. The van der Waals surface area contributed by atoms with Crippen LogP contribution in [0.4, 0.5) is 35.1 Å². The number of piperidine rings is 1. The minimum absolute atomic E-state index is 0.169.